The smallest absolute Gasteiger partial charge is 0.161 e. The van der Waals surface area contributed by atoms with Crippen molar-refractivity contribution in [3.63, 3.8) is 0 Å². The van der Waals surface area contributed by atoms with E-state index in [1.807, 2.05) is 6.07 Å². The van der Waals surface area contributed by atoms with Crippen LogP contribution >= 0.6 is 11.6 Å². The van der Waals surface area contributed by atoms with Crippen LogP contribution in [0.5, 0.6) is 0 Å². The molecule has 2 atom stereocenters. The van der Waals surface area contributed by atoms with Gasteiger partial charge in [0.2, 0.25) is 0 Å². The summed E-state index contributed by atoms with van der Waals surface area (Å²) in [5.74, 6) is -0.0532. The number of hydrogen-bond acceptors (Lipinski definition) is 4. The summed E-state index contributed by atoms with van der Waals surface area (Å²) in [4.78, 5) is 12.0. The van der Waals surface area contributed by atoms with E-state index < -0.39 is 0 Å². The second-order valence-electron chi connectivity index (χ2n) is 5.33. The highest BCUT2D eigenvalue weighted by Gasteiger charge is 2.28. The molecule has 0 aromatic carbocycles. The van der Waals surface area contributed by atoms with Crippen molar-refractivity contribution in [1.82, 2.24) is 14.9 Å². The molecule has 0 amide bonds. The molecule has 2 unspecified atom stereocenters. The van der Waals surface area contributed by atoms with Crippen LogP contribution in [0.25, 0.3) is 5.52 Å². The van der Waals surface area contributed by atoms with Gasteiger partial charge in [-0.2, -0.15) is 10.4 Å². The van der Waals surface area contributed by atoms with Gasteiger partial charge >= 0.3 is 0 Å². The van der Waals surface area contributed by atoms with Crippen LogP contribution in [0.4, 0.5) is 0 Å². The van der Waals surface area contributed by atoms with E-state index in [1.54, 1.807) is 16.8 Å². The van der Waals surface area contributed by atoms with Crippen LogP contribution in [0, 0.1) is 17.2 Å². The van der Waals surface area contributed by atoms with Crippen molar-refractivity contribution in [3.8, 4) is 6.07 Å². The second kappa shape index (κ2) is 5.47. The van der Waals surface area contributed by atoms with Gasteiger partial charge in [0.25, 0.3) is 0 Å². The first-order valence-corrected chi connectivity index (χ1v) is 7.29. The average molecular weight is 303 g/mol. The highest BCUT2D eigenvalue weighted by atomic mass is 35.5. The Morgan fingerprint density at radius 2 is 2.43 bits per heavy atom. The maximum Gasteiger partial charge on any atom is 0.161 e. The fourth-order valence-electron chi connectivity index (χ4n) is 2.93. The highest BCUT2D eigenvalue weighted by Crippen LogP contribution is 2.32. The molecule has 3 rings (SSSR count). The van der Waals surface area contributed by atoms with Gasteiger partial charge in [-0.3, -0.25) is 4.79 Å². The Morgan fingerprint density at radius 3 is 3.14 bits per heavy atom. The standard InChI is InChI=1S/C15H15ClN4O/c1-9(21)11-7-12(16)14-3-5-19-20(14)15(11)13-6-10(8-17)2-4-18-13/h3,5,7,10,13,18H,2,4,6H2,1H3. The van der Waals surface area contributed by atoms with Gasteiger partial charge in [-0.15, -0.1) is 0 Å². The number of nitrogens with one attached hydrogen (secondary N) is 1. The summed E-state index contributed by atoms with van der Waals surface area (Å²) >= 11 is 6.23. The molecule has 0 aliphatic carbocycles. The molecule has 6 heteroatoms. The summed E-state index contributed by atoms with van der Waals surface area (Å²) in [6.07, 6.45) is 3.17. The fourth-order valence-corrected chi connectivity index (χ4v) is 3.18. The van der Waals surface area contributed by atoms with E-state index >= 15 is 0 Å². The molecule has 0 radical (unpaired) electrons. The lowest BCUT2D eigenvalue weighted by molar-refractivity contribution is 0.101. The Kier molecular flexibility index (Phi) is 3.66. The fraction of sp³-hybridized carbons (Fsp3) is 0.400. The monoisotopic (exact) mass is 302 g/mol. The zero-order valence-electron chi connectivity index (χ0n) is 11.6. The van der Waals surface area contributed by atoms with E-state index in [9.17, 15) is 4.79 Å². The minimum absolute atomic E-state index is 0.00246. The first kappa shape index (κ1) is 14.1. The van der Waals surface area contributed by atoms with Crippen molar-refractivity contribution < 1.29 is 4.79 Å². The zero-order valence-corrected chi connectivity index (χ0v) is 12.4. The Labute approximate surface area is 127 Å². The van der Waals surface area contributed by atoms with Crippen LogP contribution in [0.1, 0.15) is 41.9 Å². The Hall–Kier alpha value is -1.90. The lowest BCUT2D eigenvalue weighted by Crippen LogP contribution is -2.33. The Balaban J connectivity index is 2.18. The summed E-state index contributed by atoms with van der Waals surface area (Å²) in [6, 6.07) is 5.78. The zero-order chi connectivity index (χ0) is 15.0. The van der Waals surface area contributed by atoms with Gasteiger partial charge in [0.05, 0.1) is 34.5 Å². The quantitative estimate of drug-likeness (QED) is 0.866. The number of halogens is 1. The molecular weight excluding hydrogens is 288 g/mol. The van der Waals surface area contributed by atoms with Gasteiger partial charge in [0, 0.05) is 11.5 Å². The van der Waals surface area contributed by atoms with E-state index in [2.05, 4.69) is 16.5 Å². The third-order valence-electron chi connectivity index (χ3n) is 3.96. The number of pyridine rings is 1. The molecule has 1 aliphatic heterocycles. The van der Waals surface area contributed by atoms with Crippen LogP contribution < -0.4 is 5.32 Å². The van der Waals surface area contributed by atoms with Gasteiger partial charge in [-0.05, 0) is 38.4 Å². The van der Waals surface area contributed by atoms with Gasteiger partial charge in [-0.25, -0.2) is 4.52 Å². The second-order valence-corrected chi connectivity index (χ2v) is 5.74. The van der Waals surface area contributed by atoms with Crippen LogP contribution in [-0.4, -0.2) is 21.9 Å². The molecule has 0 bridgehead atoms. The molecular formula is C15H15ClN4O. The maximum absolute atomic E-state index is 12.0. The van der Waals surface area contributed by atoms with Crippen molar-refractivity contribution in [1.29, 1.82) is 5.26 Å². The number of carbonyl (C=O) groups is 1. The summed E-state index contributed by atoms with van der Waals surface area (Å²) in [6.45, 7) is 2.28. The largest absolute Gasteiger partial charge is 0.309 e. The number of hydrogen-bond donors (Lipinski definition) is 1. The van der Waals surface area contributed by atoms with E-state index in [-0.39, 0.29) is 17.7 Å². The van der Waals surface area contributed by atoms with Crippen LogP contribution in [0.15, 0.2) is 18.3 Å². The van der Waals surface area contributed by atoms with E-state index in [4.69, 9.17) is 16.9 Å². The number of Topliss-reactive ketones (excluding diaryl/α,β-unsaturated/α-hetero) is 1. The molecule has 5 nitrogen and oxygen atoms in total. The van der Waals surface area contributed by atoms with Crippen molar-refractivity contribution in [2.24, 2.45) is 5.92 Å². The molecule has 2 aromatic rings. The number of fused-ring (bicyclic) bond motifs is 1. The third-order valence-corrected chi connectivity index (χ3v) is 4.26. The Bertz CT molecular complexity index is 746. The lowest BCUT2D eigenvalue weighted by atomic mass is 9.89. The SMILES string of the molecule is CC(=O)c1cc(Cl)c2ccnn2c1C1CC(C#N)CCN1. The summed E-state index contributed by atoms with van der Waals surface area (Å²) in [7, 11) is 0. The number of carbonyl (C=O) groups excluding carboxylic acids is 1. The normalized spacial score (nSPS) is 22.1. The molecule has 0 spiro atoms. The van der Waals surface area contributed by atoms with Crippen molar-refractivity contribution in [2.45, 2.75) is 25.8 Å². The van der Waals surface area contributed by atoms with E-state index in [0.717, 1.165) is 24.2 Å². The number of piperidine rings is 1. The van der Waals surface area contributed by atoms with Gasteiger partial charge in [-0.1, -0.05) is 11.6 Å². The molecule has 2 aromatic heterocycles. The molecule has 0 saturated carbocycles. The van der Waals surface area contributed by atoms with Crippen LogP contribution in [0.3, 0.4) is 0 Å². The molecule has 1 aliphatic rings. The molecule has 1 fully saturated rings. The van der Waals surface area contributed by atoms with Crippen LogP contribution in [0.2, 0.25) is 5.02 Å². The average Bonchev–Trinajstić information content (AvgIpc) is 2.97. The molecule has 1 saturated heterocycles. The number of rotatable bonds is 2. The number of nitrogens with zero attached hydrogens (tertiary/aromatic N) is 3. The molecule has 21 heavy (non-hydrogen) atoms. The number of nitriles is 1. The molecule has 3 heterocycles. The van der Waals surface area contributed by atoms with Crippen molar-refractivity contribution in [3.05, 3.63) is 34.6 Å². The summed E-state index contributed by atoms with van der Waals surface area (Å²) < 4.78 is 1.72. The predicted molar refractivity (Wildman–Crippen MR) is 79.3 cm³/mol. The van der Waals surface area contributed by atoms with Crippen LogP contribution in [-0.2, 0) is 0 Å². The molecule has 108 valence electrons. The van der Waals surface area contributed by atoms with Gasteiger partial charge < -0.3 is 5.32 Å². The molecule has 1 N–H and O–H groups in total. The Morgan fingerprint density at radius 1 is 1.62 bits per heavy atom. The van der Waals surface area contributed by atoms with Gasteiger partial charge in [0.15, 0.2) is 5.78 Å². The van der Waals surface area contributed by atoms with E-state index in [1.165, 1.54) is 6.92 Å². The first-order chi connectivity index (χ1) is 10.1. The maximum atomic E-state index is 12.0. The van der Waals surface area contributed by atoms with Crippen molar-refractivity contribution in [2.75, 3.05) is 6.54 Å². The number of aromatic nitrogens is 2. The minimum Gasteiger partial charge on any atom is -0.309 e. The van der Waals surface area contributed by atoms with Crippen molar-refractivity contribution >= 4 is 22.9 Å². The highest BCUT2D eigenvalue weighted by molar-refractivity contribution is 6.34. The summed E-state index contributed by atoms with van der Waals surface area (Å²) in [5.41, 5.74) is 2.14. The first-order valence-electron chi connectivity index (χ1n) is 6.92. The lowest BCUT2D eigenvalue weighted by Gasteiger charge is -2.28. The predicted octanol–water partition coefficient (Wildman–Crippen LogP) is 2.75. The van der Waals surface area contributed by atoms with E-state index in [0.29, 0.717) is 17.0 Å². The number of ketones is 1. The minimum atomic E-state index is -0.0676. The summed E-state index contributed by atoms with van der Waals surface area (Å²) in [5, 5.41) is 17.4. The van der Waals surface area contributed by atoms with Gasteiger partial charge in [0.1, 0.15) is 0 Å². The third kappa shape index (κ3) is 2.41. The topological polar surface area (TPSA) is 70.2 Å².